The van der Waals surface area contributed by atoms with Crippen LogP contribution in [-0.4, -0.2) is 23.0 Å². The molecular weight excluding hydrogens is 256 g/mol. The zero-order valence-electron chi connectivity index (χ0n) is 12.7. The fourth-order valence-electron chi connectivity index (χ4n) is 2.27. The number of hydrogen-bond donors (Lipinski definition) is 1. The maximum absolute atomic E-state index is 11.6. The highest BCUT2D eigenvalue weighted by atomic mass is 16.5. The summed E-state index contributed by atoms with van der Waals surface area (Å²) in [6.07, 6.45) is 1.13. The van der Waals surface area contributed by atoms with Crippen LogP contribution < -0.4 is 4.74 Å². The predicted molar refractivity (Wildman–Crippen MR) is 77.3 cm³/mol. The molecule has 4 nitrogen and oxygen atoms in total. The Labute approximate surface area is 119 Å². The van der Waals surface area contributed by atoms with Gasteiger partial charge in [-0.15, -0.1) is 0 Å². The summed E-state index contributed by atoms with van der Waals surface area (Å²) < 4.78 is 5.75. The van der Waals surface area contributed by atoms with E-state index in [4.69, 9.17) is 4.74 Å². The highest BCUT2D eigenvalue weighted by Crippen LogP contribution is 2.32. The van der Waals surface area contributed by atoms with Crippen molar-refractivity contribution in [3.8, 4) is 5.75 Å². The van der Waals surface area contributed by atoms with Crippen LogP contribution in [-0.2, 0) is 4.79 Å². The lowest BCUT2D eigenvalue weighted by Gasteiger charge is -2.33. The molecule has 1 N–H and O–H groups in total. The van der Waals surface area contributed by atoms with Crippen LogP contribution in [0, 0.1) is 12.3 Å². The van der Waals surface area contributed by atoms with Crippen LogP contribution in [0.2, 0.25) is 0 Å². The molecule has 1 unspecified atom stereocenters. The van der Waals surface area contributed by atoms with E-state index in [2.05, 4.69) is 0 Å². The third kappa shape index (κ3) is 4.08. The lowest BCUT2D eigenvalue weighted by Crippen LogP contribution is -2.44. The van der Waals surface area contributed by atoms with E-state index >= 15 is 0 Å². The van der Waals surface area contributed by atoms with Crippen LogP contribution in [0.3, 0.4) is 0 Å². The van der Waals surface area contributed by atoms with E-state index in [-0.39, 0.29) is 5.41 Å². The SMILES string of the molecule is Cc1cc(C=O)ccc1OC(C)(CC(C)(C)C)C(=O)O. The van der Waals surface area contributed by atoms with E-state index in [0.717, 1.165) is 11.8 Å². The summed E-state index contributed by atoms with van der Waals surface area (Å²) >= 11 is 0. The molecule has 0 aliphatic heterocycles. The van der Waals surface area contributed by atoms with Gasteiger partial charge in [0.25, 0.3) is 0 Å². The summed E-state index contributed by atoms with van der Waals surface area (Å²) in [7, 11) is 0. The van der Waals surface area contributed by atoms with Crippen molar-refractivity contribution < 1.29 is 19.4 Å². The Balaban J connectivity index is 3.08. The van der Waals surface area contributed by atoms with Crippen LogP contribution in [0.1, 0.15) is 50.0 Å². The number of carboxylic acids is 1. The fraction of sp³-hybridized carbons (Fsp3) is 0.500. The van der Waals surface area contributed by atoms with Crippen molar-refractivity contribution in [3.05, 3.63) is 29.3 Å². The van der Waals surface area contributed by atoms with E-state index in [1.807, 2.05) is 20.8 Å². The minimum Gasteiger partial charge on any atom is -0.478 e. The first-order valence-electron chi connectivity index (χ1n) is 6.56. The van der Waals surface area contributed by atoms with Gasteiger partial charge >= 0.3 is 5.97 Å². The second-order valence-electron chi connectivity index (χ2n) is 6.52. The van der Waals surface area contributed by atoms with Crippen LogP contribution >= 0.6 is 0 Å². The Morgan fingerprint density at radius 2 is 1.90 bits per heavy atom. The van der Waals surface area contributed by atoms with Crippen LogP contribution in [0.15, 0.2) is 18.2 Å². The molecule has 1 aromatic rings. The Bertz CT molecular complexity index is 514. The van der Waals surface area contributed by atoms with E-state index < -0.39 is 11.6 Å². The number of benzene rings is 1. The van der Waals surface area contributed by atoms with E-state index in [9.17, 15) is 14.7 Å². The minimum atomic E-state index is -1.30. The summed E-state index contributed by atoms with van der Waals surface area (Å²) in [6, 6.07) is 4.94. The molecule has 4 heteroatoms. The van der Waals surface area contributed by atoms with Crippen LogP contribution in [0.5, 0.6) is 5.75 Å². The number of carbonyl (C=O) groups excluding carboxylic acids is 1. The van der Waals surface area contributed by atoms with Gasteiger partial charge in [0.2, 0.25) is 5.60 Å². The van der Waals surface area contributed by atoms with Crippen molar-refractivity contribution in [2.75, 3.05) is 0 Å². The van der Waals surface area contributed by atoms with Crippen molar-refractivity contribution in [2.45, 2.75) is 46.6 Å². The summed E-state index contributed by atoms with van der Waals surface area (Å²) in [6.45, 7) is 9.29. The molecule has 20 heavy (non-hydrogen) atoms. The Morgan fingerprint density at radius 3 is 2.30 bits per heavy atom. The molecule has 0 saturated heterocycles. The number of aldehydes is 1. The second-order valence-corrected chi connectivity index (χ2v) is 6.52. The number of rotatable bonds is 5. The molecule has 0 heterocycles. The number of hydrogen-bond acceptors (Lipinski definition) is 3. The van der Waals surface area contributed by atoms with Gasteiger partial charge < -0.3 is 9.84 Å². The van der Waals surface area contributed by atoms with Gasteiger partial charge in [0, 0.05) is 12.0 Å². The molecule has 0 saturated carbocycles. The standard InChI is InChI=1S/C16H22O4/c1-11-8-12(9-17)6-7-13(11)20-16(5,14(18)19)10-15(2,3)4/h6-9H,10H2,1-5H3,(H,18,19). The molecule has 0 spiro atoms. The quantitative estimate of drug-likeness (QED) is 0.838. The van der Waals surface area contributed by atoms with Gasteiger partial charge in [0.1, 0.15) is 12.0 Å². The van der Waals surface area contributed by atoms with Gasteiger partial charge in [-0.05, 0) is 43.0 Å². The smallest absolute Gasteiger partial charge is 0.347 e. The Hall–Kier alpha value is -1.84. The third-order valence-electron chi connectivity index (χ3n) is 2.99. The second kappa shape index (κ2) is 5.65. The van der Waals surface area contributed by atoms with Crippen molar-refractivity contribution in [1.29, 1.82) is 0 Å². The number of ether oxygens (including phenoxy) is 1. The van der Waals surface area contributed by atoms with Crippen molar-refractivity contribution in [3.63, 3.8) is 0 Å². The molecule has 0 amide bonds. The molecule has 0 radical (unpaired) electrons. The monoisotopic (exact) mass is 278 g/mol. The first-order valence-corrected chi connectivity index (χ1v) is 6.56. The zero-order chi connectivity index (χ0) is 15.6. The Morgan fingerprint density at radius 1 is 1.30 bits per heavy atom. The number of aryl methyl sites for hydroxylation is 1. The average Bonchev–Trinajstić information content (AvgIpc) is 2.29. The van der Waals surface area contributed by atoms with Crippen molar-refractivity contribution >= 4 is 12.3 Å². The first kappa shape index (κ1) is 16.2. The minimum absolute atomic E-state index is 0.177. The lowest BCUT2D eigenvalue weighted by molar-refractivity contribution is -0.156. The fourth-order valence-corrected chi connectivity index (χ4v) is 2.27. The van der Waals surface area contributed by atoms with Crippen molar-refractivity contribution in [1.82, 2.24) is 0 Å². The highest BCUT2D eigenvalue weighted by molar-refractivity contribution is 5.78. The molecule has 0 aromatic heterocycles. The molecule has 0 aliphatic carbocycles. The van der Waals surface area contributed by atoms with E-state index in [0.29, 0.717) is 17.7 Å². The number of aliphatic carboxylic acids is 1. The van der Waals surface area contributed by atoms with E-state index in [1.54, 1.807) is 32.0 Å². The third-order valence-corrected chi connectivity index (χ3v) is 2.99. The maximum atomic E-state index is 11.6. The average molecular weight is 278 g/mol. The molecule has 1 aromatic carbocycles. The number of carbonyl (C=O) groups is 2. The van der Waals surface area contributed by atoms with Gasteiger partial charge in [-0.25, -0.2) is 4.79 Å². The first-order chi connectivity index (χ1) is 9.07. The van der Waals surface area contributed by atoms with Crippen LogP contribution in [0.4, 0.5) is 0 Å². The summed E-state index contributed by atoms with van der Waals surface area (Å²) in [5.41, 5.74) is -0.186. The maximum Gasteiger partial charge on any atom is 0.347 e. The molecular formula is C16H22O4. The zero-order valence-corrected chi connectivity index (χ0v) is 12.7. The molecule has 1 rings (SSSR count). The summed E-state index contributed by atoms with van der Waals surface area (Å²) in [5, 5.41) is 9.47. The molecule has 1 atom stereocenters. The van der Waals surface area contributed by atoms with Crippen molar-refractivity contribution in [2.24, 2.45) is 5.41 Å². The largest absolute Gasteiger partial charge is 0.478 e. The Kier molecular flexibility index (Phi) is 4.58. The normalized spacial score (nSPS) is 14.4. The van der Waals surface area contributed by atoms with Gasteiger partial charge in [-0.2, -0.15) is 0 Å². The highest BCUT2D eigenvalue weighted by Gasteiger charge is 2.39. The number of carboxylic acid groups (broad SMARTS) is 1. The lowest BCUT2D eigenvalue weighted by atomic mass is 9.82. The van der Waals surface area contributed by atoms with Gasteiger partial charge in [0.15, 0.2) is 0 Å². The summed E-state index contributed by atoms with van der Waals surface area (Å²) in [5.74, 6) is -0.504. The van der Waals surface area contributed by atoms with E-state index in [1.165, 1.54) is 0 Å². The predicted octanol–water partition coefficient (Wildman–Crippen LogP) is 3.47. The summed E-state index contributed by atoms with van der Waals surface area (Å²) in [4.78, 5) is 22.3. The molecule has 110 valence electrons. The molecule has 0 fully saturated rings. The van der Waals surface area contributed by atoms with Gasteiger partial charge in [-0.1, -0.05) is 20.8 Å². The van der Waals surface area contributed by atoms with Crippen LogP contribution in [0.25, 0.3) is 0 Å². The van der Waals surface area contributed by atoms with Gasteiger partial charge in [-0.3, -0.25) is 4.79 Å². The molecule has 0 aliphatic rings. The topological polar surface area (TPSA) is 63.6 Å². The molecule has 0 bridgehead atoms. The van der Waals surface area contributed by atoms with Gasteiger partial charge in [0.05, 0.1) is 0 Å².